The molecule has 2 aromatic carbocycles. The number of β-lactam (4-membered cyclic amide) rings is 1. The minimum atomic E-state index is -1.34. The zero-order valence-corrected chi connectivity index (χ0v) is 24.2. The van der Waals surface area contributed by atoms with Crippen molar-refractivity contribution < 1.29 is 48.1 Å². The summed E-state index contributed by atoms with van der Waals surface area (Å²) >= 11 is 1.25. The Morgan fingerprint density at radius 3 is 2.19 bits per heavy atom. The zero-order valence-electron chi connectivity index (χ0n) is 23.4. The average molecular weight is 613 g/mol. The van der Waals surface area contributed by atoms with Gasteiger partial charge in [0.25, 0.3) is 5.91 Å². The van der Waals surface area contributed by atoms with Crippen LogP contribution in [0.3, 0.4) is 0 Å². The van der Waals surface area contributed by atoms with E-state index in [1.807, 2.05) is 0 Å². The Labute approximate surface area is 249 Å². The van der Waals surface area contributed by atoms with E-state index in [2.05, 4.69) is 16.0 Å². The number of carboxylic acid groups (broad SMARTS) is 1. The van der Waals surface area contributed by atoms with Crippen molar-refractivity contribution in [2.24, 2.45) is 0 Å². The molecule has 226 valence electrons. The third-order valence-electron chi connectivity index (χ3n) is 6.58. The normalized spacial score (nSPS) is 20.5. The van der Waals surface area contributed by atoms with Crippen LogP contribution in [0.1, 0.15) is 49.7 Å². The molecule has 0 aromatic heterocycles. The quantitative estimate of drug-likeness (QED) is 0.191. The number of amides is 5. The molecular formula is C28H28N4O10S. The van der Waals surface area contributed by atoms with Crippen molar-refractivity contribution >= 4 is 53.4 Å². The van der Waals surface area contributed by atoms with Crippen LogP contribution < -0.4 is 25.4 Å². The van der Waals surface area contributed by atoms with Crippen molar-refractivity contribution in [3.8, 4) is 11.5 Å². The first kappa shape index (κ1) is 31.0. The SMILES string of the molecule is CC(=O)Oc1ccc(C(=O)NC(=O)NC(C(=O)N[C@@H]2C(=O)N3[C@@H]2SC(C)(C)[C@@H]3C(=O)O)c2ccccc2)cc1OC(C)=O. The largest absolute Gasteiger partial charge is 0.480 e. The lowest BCUT2D eigenvalue weighted by molar-refractivity contribution is -0.161. The van der Waals surface area contributed by atoms with Gasteiger partial charge in [-0.05, 0) is 37.6 Å². The molecule has 0 saturated carbocycles. The molecule has 4 atom stereocenters. The third kappa shape index (κ3) is 6.61. The summed E-state index contributed by atoms with van der Waals surface area (Å²) in [5.41, 5.74) is 0.217. The van der Waals surface area contributed by atoms with Crippen LogP contribution >= 0.6 is 11.8 Å². The van der Waals surface area contributed by atoms with Crippen molar-refractivity contribution in [3.63, 3.8) is 0 Å². The minimum absolute atomic E-state index is 0.118. The number of carbonyl (C=O) groups is 7. The predicted molar refractivity (Wildman–Crippen MR) is 150 cm³/mol. The van der Waals surface area contributed by atoms with Gasteiger partial charge in [-0.15, -0.1) is 11.8 Å². The maximum absolute atomic E-state index is 13.4. The lowest BCUT2D eigenvalue weighted by Gasteiger charge is -2.44. The summed E-state index contributed by atoms with van der Waals surface area (Å²) in [5.74, 6) is -5.18. The highest BCUT2D eigenvalue weighted by molar-refractivity contribution is 8.01. The summed E-state index contributed by atoms with van der Waals surface area (Å²) in [6, 6.07) is 7.14. The fourth-order valence-electron chi connectivity index (χ4n) is 4.79. The topological polar surface area (TPSA) is 198 Å². The van der Waals surface area contributed by atoms with Crippen molar-refractivity contribution in [2.45, 2.75) is 55.9 Å². The highest BCUT2D eigenvalue weighted by atomic mass is 32.2. The fraction of sp³-hybridized carbons (Fsp3) is 0.321. The number of carboxylic acids is 1. The van der Waals surface area contributed by atoms with Crippen LogP contribution in [0.4, 0.5) is 4.79 Å². The molecule has 1 unspecified atom stereocenters. The summed E-state index contributed by atoms with van der Waals surface area (Å²) in [6.45, 7) is 5.65. The van der Waals surface area contributed by atoms with Gasteiger partial charge in [-0.3, -0.25) is 29.3 Å². The maximum Gasteiger partial charge on any atom is 0.327 e. The second-order valence-corrected chi connectivity index (χ2v) is 12.0. The van der Waals surface area contributed by atoms with Crippen molar-refractivity contribution in [3.05, 3.63) is 59.7 Å². The van der Waals surface area contributed by atoms with E-state index in [9.17, 15) is 38.7 Å². The molecule has 2 aliphatic heterocycles. The Balaban J connectivity index is 1.48. The van der Waals surface area contributed by atoms with Crippen molar-refractivity contribution in [1.82, 2.24) is 20.9 Å². The van der Waals surface area contributed by atoms with Crippen LogP contribution in [0.2, 0.25) is 0 Å². The van der Waals surface area contributed by atoms with Crippen LogP contribution in [-0.2, 0) is 24.0 Å². The molecule has 15 heteroatoms. The lowest BCUT2D eigenvalue weighted by atomic mass is 9.95. The molecule has 0 radical (unpaired) electrons. The summed E-state index contributed by atoms with van der Waals surface area (Å²) < 4.78 is 9.18. The Morgan fingerprint density at radius 1 is 0.953 bits per heavy atom. The number of rotatable bonds is 8. The van der Waals surface area contributed by atoms with E-state index in [-0.39, 0.29) is 17.1 Å². The Kier molecular flexibility index (Phi) is 8.75. The molecule has 5 amide bonds. The first-order valence-corrected chi connectivity index (χ1v) is 13.8. The monoisotopic (exact) mass is 612 g/mol. The van der Waals surface area contributed by atoms with Gasteiger partial charge in [-0.2, -0.15) is 0 Å². The van der Waals surface area contributed by atoms with E-state index in [1.165, 1.54) is 28.8 Å². The number of fused-ring (bicyclic) bond motifs is 1. The third-order valence-corrected chi connectivity index (χ3v) is 8.16. The zero-order chi connectivity index (χ0) is 31.6. The van der Waals surface area contributed by atoms with E-state index in [1.54, 1.807) is 44.2 Å². The van der Waals surface area contributed by atoms with Gasteiger partial charge in [0.2, 0.25) is 11.8 Å². The van der Waals surface area contributed by atoms with Crippen LogP contribution in [0.5, 0.6) is 11.5 Å². The van der Waals surface area contributed by atoms with Gasteiger partial charge in [-0.1, -0.05) is 30.3 Å². The Hall–Kier alpha value is -4.92. The fourth-order valence-corrected chi connectivity index (χ4v) is 6.42. The number of aliphatic carboxylic acids is 1. The predicted octanol–water partition coefficient (Wildman–Crippen LogP) is 1.35. The number of thioether (sulfide) groups is 1. The molecule has 2 aromatic rings. The second kappa shape index (κ2) is 12.1. The maximum atomic E-state index is 13.4. The molecule has 0 aliphatic carbocycles. The van der Waals surface area contributed by atoms with Crippen LogP contribution in [0.15, 0.2) is 48.5 Å². The average Bonchev–Trinajstić information content (AvgIpc) is 3.18. The van der Waals surface area contributed by atoms with Crippen molar-refractivity contribution in [1.29, 1.82) is 0 Å². The first-order chi connectivity index (χ1) is 20.2. The second-order valence-electron chi connectivity index (χ2n) is 10.2. The van der Waals surface area contributed by atoms with E-state index in [4.69, 9.17) is 9.47 Å². The number of carbonyl (C=O) groups excluding carboxylic acids is 6. The van der Waals surface area contributed by atoms with Gasteiger partial charge in [0.15, 0.2) is 11.5 Å². The van der Waals surface area contributed by atoms with Crippen LogP contribution in [0.25, 0.3) is 0 Å². The smallest absolute Gasteiger partial charge is 0.327 e. The highest BCUT2D eigenvalue weighted by Gasteiger charge is 2.64. The lowest BCUT2D eigenvalue weighted by Crippen LogP contribution is -2.71. The van der Waals surface area contributed by atoms with E-state index in [0.717, 1.165) is 19.9 Å². The number of hydrogen-bond acceptors (Lipinski definition) is 10. The summed E-state index contributed by atoms with van der Waals surface area (Å²) in [7, 11) is 0. The van der Waals surface area contributed by atoms with Crippen molar-refractivity contribution in [2.75, 3.05) is 0 Å². The number of nitrogens with zero attached hydrogens (tertiary/aromatic N) is 1. The number of esters is 2. The van der Waals surface area contributed by atoms with Gasteiger partial charge < -0.3 is 30.1 Å². The van der Waals surface area contributed by atoms with Gasteiger partial charge >= 0.3 is 23.9 Å². The molecule has 2 saturated heterocycles. The van der Waals surface area contributed by atoms with E-state index < -0.39 is 69.9 Å². The molecule has 0 bridgehead atoms. The van der Waals surface area contributed by atoms with Crippen LogP contribution in [-0.4, -0.2) is 73.9 Å². The minimum Gasteiger partial charge on any atom is -0.480 e. The Bertz CT molecular complexity index is 1510. The number of imide groups is 1. The number of hydrogen-bond donors (Lipinski definition) is 4. The molecule has 2 fully saturated rings. The molecule has 14 nitrogen and oxygen atoms in total. The molecule has 43 heavy (non-hydrogen) atoms. The number of ether oxygens (including phenoxy) is 2. The molecule has 4 rings (SSSR count). The summed E-state index contributed by atoms with van der Waals surface area (Å²) in [6.07, 6.45) is 0. The Morgan fingerprint density at radius 2 is 1.58 bits per heavy atom. The van der Waals surface area contributed by atoms with Crippen LogP contribution in [0, 0.1) is 0 Å². The van der Waals surface area contributed by atoms with E-state index in [0.29, 0.717) is 5.56 Å². The summed E-state index contributed by atoms with van der Waals surface area (Å²) in [4.78, 5) is 87.8. The van der Waals surface area contributed by atoms with Gasteiger partial charge in [-0.25, -0.2) is 9.59 Å². The standard InChI is InChI=1S/C28H28N4O10S/c1-13(33)41-17-11-10-16(12-18(17)42-14(2)34)22(35)31-27(40)30-19(15-8-6-5-7-9-15)23(36)29-20-24(37)32-21(26(38)39)28(3,4)43-25(20)32/h5-12,19-21,25H,1-4H3,(H,29,36)(H,38,39)(H2,30,31,35,40)/t19?,20-,21+,25-/m1/s1. The molecular weight excluding hydrogens is 584 g/mol. The van der Waals surface area contributed by atoms with Gasteiger partial charge in [0, 0.05) is 24.2 Å². The number of urea groups is 1. The molecule has 2 aliphatic rings. The van der Waals surface area contributed by atoms with Gasteiger partial charge in [0.1, 0.15) is 23.5 Å². The number of benzene rings is 2. The molecule has 4 N–H and O–H groups in total. The van der Waals surface area contributed by atoms with E-state index >= 15 is 0 Å². The number of nitrogens with one attached hydrogen (secondary N) is 3. The highest BCUT2D eigenvalue weighted by Crippen LogP contribution is 2.50. The summed E-state index contributed by atoms with van der Waals surface area (Å²) in [5, 5.41) is 16.1. The van der Waals surface area contributed by atoms with Gasteiger partial charge in [0.05, 0.1) is 0 Å². The molecule has 0 spiro atoms. The first-order valence-electron chi connectivity index (χ1n) is 12.9. The molecule has 2 heterocycles.